The van der Waals surface area contributed by atoms with Crippen molar-refractivity contribution in [1.29, 1.82) is 0 Å². The third-order valence-electron chi connectivity index (χ3n) is 3.82. The van der Waals surface area contributed by atoms with Crippen LogP contribution in [0.15, 0.2) is 54.9 Å². The van der Waals surface area contributed by atoms with Gasteiger partial charge in [-0.3, -0.25) is 4.79 Å². The molecule has 1 amide bonds. The predicted molar refractivity (Wildman–Crippen MR) is 97.0 cm³/mol. The van der Waals surface area contributed by atoms with E-state index in [-0.39, 0.29) is 11.9 Å². The average molecular weight is 340 g/mol. The zero-order chi connectivity index (χ0) is 16.9. The summed E-state index contributed by atoms with van der Waals surface area (Å²) >= 11 is 1.44. The molecular weight excluding hydrogens is 320 g/mol. The number of hydrogen-bond donors (Lipinski definition) is 2. The fourth-order valence-electron chi connectivity index (χ4n) is 2.53. The summed E-state index contributed by atoms with van der Waals surface area (Å²) in [5.41, 5.74) is 6.98. The molecule has 124 valence electrons. The SMILES string of the molecule is Cn1ccnc1-c1ccc(C(=O)NC(CN)Cc2ccccc2)s1. The Morgan fingerprint density at radius 1 is 1.29 bits per heavy atom. The van der Waals surface area contributed by atoms with Crippen molar-refractivity contribution in [2.75, 3.05) is 6.54 Å². The number of rotatable bonds is 6. The van der Waals surface area contributed by atoms with Gasteiger partial charge in [-0.25, -0.2) is 4.98 Å². The molecule has 0 aliphatic rings. The van der Waals surface area contributed by atoms with Crippen molar-refractivity contribution in [1.82, 2.24) is 14.9 Å². The summed E-state index contributed by atoms with van der Waals surface area (Å²) < 4.78 is 1.94. The Kier molecular flexibility index (Phi) is 5.08. The van der Waals surface area contributed by atoms with Crippen LogP contribution in [0.25, 0.3) is 10.7 Å². The molecule has 3 N–H and O–H groups in total. The summed E-state index contributed by atoms with van der Waals surface area (Å²) in [7, 11) is 1.94. The van der Waals surface area contributed by atoms with Crippen molar-refractivity contribution < 1.29 is 4.79 Å². The molecule has 0 spiro atoms. The number of aryl methyl sites for hydroxylation is 1. The second-order valence-corrected chi connectivity index (χ2v) is 6.71. The lowest BCUT2D eigenvalue weighted by Gasteiger charge is -2.16. The van der Waals surface area contributed by atoms with Gasteiger partial charge in [0.1, 0.15) is 5.82 Å². The number of benzene rings is 1. The summed E-state index contributed by atoms with van der Waals surface area (Å²) in [4.78, 5) is 18.4. The highest BCUT2D eigenvalue weighted by atomic mass is 32.1. The third-order valence-corrected chi connectivity index (χ3v) is 4.90. The third kappa shape index (κ3) is 3.72. The van der Waals surface area contributed by atoms with E-state index in [9.17, 15) is 4.79 Å². The fraction of sp³-hybridized carbons (Fsp3) is 0.222. The van der Waals surface area contributed by atoms with Crippen molar-refractivity contribution >= 4 is 17.2 Å². The highest BCUT2D eigenvalue weighted by molar-refractivity contribution is 7.17. The first-order valence-corrected chi connectivity index (χ1v) is 8.61. The molecule has 0 radical (unpaired) electrons. The molecule has 0 fully saturated rings. The molecule has 1 atom stereocenters. The number of carbonyl (C=O) groups excluding carboxylic acids is 1. The van der Waals surface area contributed by atoms with Gasteiger partial charge in [-0.2, -0.15) is 0 Å². The van der Waals surface area contributed by atoms with E-state index in [1.807, 2.05) is 60.3 Å². The smallest absolute Gasteiger partial charge is 0.261 e. The average Bonchev–Trinajstić information content (AvgIpc) is 3.23. The standard InChI is InChI=1S/C18H20N4OS/c1-22-10-9-20-17(22)15-7-8-16(24-15)18(23)21-14(12-19)11-13-5-3-2-4-6-13/h2-10,14H,11-12,19H2,1H3,(H,21,23). The molecular formula is C18H20N4OS. The minimum Gasteiger partial charge on any atom is -0.347 e. The number of aromatic nitrogens is 2. The van der Waals surface area contributed by atoms with Crippen LogP contribution in [0.5, 0.6) is 0 Å². The topological polar surface area (TPSA) is 72.9 Å². The molecule has 0 aliphatic carbocycles. The molecule has 0 aliphatic heterocycles. The molecule has 3 rings (SSSR count). The first-order chi connectivity index (χ1) is 11.7. The van der Waals surface area contributed by atoms with Crippen LogP contribution >= 0.6 is 11.3 Å². The van der Waals surface area contributed by atoms with Crippen LogP contribution in [0.4, 0.5) is 0 Å². The first kappa shape index (κ1) is 16.4. The number of carbonyl (C=O) groups is 1. The van der Waals surface area contributed by atoms with Gasteiger partial charge in [-0.1, -0.05) is 30.3 Å². The highest BCUT2D eigenvalue weighted by Gasteiger charge is 2.16. The minimum absolute atomic E-state index is 0.0846. The maximum atomic E-state index is 12.5. The molecule has 24 heavy (non-hydrogen) atoms. The Balaban J connectivity index is 1.68. The maximum Gasteiger partial charge on any atom is 0.261 e. The van der Waals surface area contributed by atoms with E-state index in [1.165, 1.54) is 11.3 Å². The van der Waals surface area contributed by atoms with Gasteiger partial charge in [-0.15, -0.1) is 11.3 Å². The van der Waals surface area contributed by atoms with Gasteiger partial charge in [-0.05, 0) is 24.1 Å². The van der Waals surface area contributed by atoms with Gasteiger partial charge in [0, 0.05) is 32.0 Å². The number of hydrogen-bond acceptors (Lipinski definition) is 4. The van der Waals surface area contributed by atoms with E-state index >= 15 is 0 Å². The lowest BCUT2D eigenvalue weighted by atomic mass is 10.1. The van der Waals surface area contributed by atoms with Crippen LogP contribution in [0.1, 0.15) is 15.2 Å². The van der Waals surface area contributed by atoms with Gasteiger partial charge in [0.15, 0.2) is 0 Å². The molecule has 0 bridgehead atoms. The van der Waals surface area contributed by atoms with E-state index in [4.69, 9.17) is 5.73 Å². The number of amides is 1. The summed E-state index contributed by atoms with van der Waals surface area (Å²) in [6.45, 7) is 0.401. The summed E-state index contributed by atoms with van der Waals surface area (Å²) in [5.74, 6) is 0.769. The zero-order valence-corrected chi connectivity index (χ0v) is 14.3. The van der Waals surface area contributed by atoms with Crippen molar-refractivity contribution in [3.63, 3.8) is 0 Å². The van der Waals surface area contributed by atoms with Crippen LogP contribution in [0, 0.1) is 0 Å². The van der Waals surface area contributed by atoms with Gasteiger partial charge in [0.2, 0.25) is 0 Å². The van der Waals surface area contributed by atoms with Crippen LogP contribution in [-0.2, 0) is 13.5 Å². The Hall–Kier alpha value is -2.44. The molecule has 0 saturated carbocycles. The number of nitrogens with two attached hydrogens (primary N) is 1. The molecule has 1 aromatic carbocycles. The second kappa shape index (κ2) is 7.42. The molecule has 5 nitrogen and oxygen atoms in total. The Morgan fingerprint density at radius 2 is 2.08 bits per heavy atom. The molecule has 2 heterocycles. The van der Waals surface area contributed by atoms with E-state index in [1.54, 1.807) is 6.20 Å². The van der Waals surface area contributed by atoms with E-state index in [0.29, 0.717) is 11.4 Å². The lowest BCUT2D eigenvalue weighted by molar-refractivity contribution is 0.0942. The zero-order valence-electron chi connectivity index (χ0n) is 13.5. The molecule has 3 aromatic rings. The lowest BCUT2D eigenvalue weighted by Crippen LogP contribution is -2.41. The van der Waals surface area contributed by atoms with E-state index in [2.05, 4.69) is 10.3 Å². The summed E-state index contributed by atoms with van der Waals surface area (Å²) in [5, 5.41) is 3.02. The largest absolute Gasteiger partial charge is 0.347 e. The van der Waals surface area contributed by atoms with Crippen molar-refractivity contribution in [2.45, 2.75) is 12.5 Å². The van der Waals surface area contributed by atoms with Crippen LogP contribution in [-0.4, -0.2) is 28.0 Å². The molecule has 2 aromatic heterocycles. The monoisotopic (exact) mass is 340 g/mol. The first-order valence-electron chi connectivity index (χ1n) is 7.79. The van der Waals surface area contributed by atoms with E-state index in [0.717, 1.165) is 22.7 Å². The quantitative estimate of drug-likeness (QED) is 0.724. The summed E-state index contributed by atoms with van der Waals surface area (Å²) in [6.07, 6.45) is 4.36. The van der Waals surface area contributed by atoms with E-state index < -0.39 is 0 Å². The summed E-state index contributed by atoms with van der Waals surface area (Å²) in [6, 6.07) is 13.7. The molecule has 1 unspecified atom stereocenters. The van der Waals surface area contributed by atoms with Crippen molar-refractivity contribution in [2.24, 2.45) is 12.8 Å². The number of nitrogens with one attached hydrogen (secondary N) is 1. The van der Waals surface area contributed by atoms with Crippen LogP contribution in [0.2, 0.25) is 0 Å². The Morgan fingerprint density at radius 3 is 2.75 bits per heavy atom. The van der Waals surface area contributed by atoms with Crippen molar-refractivity contribution in [3.8, 4) is 10.7 Å². The fourth-order valence-corrected chi connectivity index (χ4v) is 3.48. The Bertz CT molecular complexity index is 809. The second-order valence-electron chi connectivity index (χ2n) is 5.62. The predicted octanol–water partition coefficient (Wildman–Crippen LogP) is 2.45. The Labute approximate surface area is 145 Å². The molecule has 0 saturated heterocycles. The maximum absolute atomic E-state index is 12.5. The van der Waals surface area contributed by atoms with Gasteiger partial charge in [0.05, 0.1) is 9.75 Å². The number of nitrogens with zero attached hydrogens (tertiary/aromatic N) is 2. The van der Waals surface area contributed by atoms with Crippen LogP contribution in [0.3, 0.4) is 0 Å². The van der Waals surface area contributed by atoms with Gasteiger partial charge >= 0.3 is 0 Å². The molecule has 6 heteroatoms. The minimum atomic E-state index is -0.0909. The van der Waals surface area contributed by atoms with Crippen LogP contribution < -0.4 is 11.1 Å². The number of thiophene rings is 1. The van der Waals surface area contributed by atoms with Crippen molar-refractivity contribution in [3.05, 3.63) is 65.3 Å². The highest BCUT2D eigenvalue weighted by Crippen LogP contribution is 2.26. The van der Waals surface area contributed by atoms with Gasteiger partial charge < -0.3 is 15.6 Å². The number of imidazole rings is 1. The normalized spacial score (nSPS) is 12.1. The van der Waals surface area contributed by atoms with Gasteiger partial charge in [0.25, 0.3) is 5.91 Å².